The molecule has 0 bridgehead atoms. The van der Waals surface area contributed by atoms with E-state index in [0.29, 0.717) is 5.56 Å². The summed E-state index contributed by atoms with van der Waals surface area (Å²) in [4.78, 5) is 38.8. The average Bonchev–Trinajstić information content (AvgIpc) is 2.87. The normalized spacial score (nSPS) is 15.5. The van der Waals surface area contributed by atoms with Crippen molar-refractivity contribution in [2.45, 2.75) is 39.5 Å². The summed E-state index contributed by atoms with van der Waals surface area (Å²) < 4.78 is 57.6. The van der Waals surface area contributed by atoms with E-state index in [1.807, 2.05) is 0 Å². The van der Waals surface area contributed by atoms with Gasteiger partial charge in [0.1, 0.15) is 12.4 Å². The van der Waals surface area contributed by atoms with Crippen molar-refractivity contribution in [3.63, 3.8) is 0 Å². The molecule has 11 heteroatoms. The number of hydrogen-bond acceptors (Lipinski definition) is 7. The van der Waals surface area contributed by atoms with E-state index in [9.17, 15) is 27.6 Å². The number of alkyl carbamates (subject to hydrolysis) is 1. The maximum atomic E-state index is 14.1. The first-order chi connectivity index (χ1) is 18.1. The molecule has 1 amide bonds. The number of hydrogen-bond donors (Lipinski definition) is 2. The number of carbonyl (C=O) groups excluding carboxylic acids is 3. The minimum atomic E-state index is -4.81. The van der Waals surface area contributed by atoms with Crippen molar-refractivity contribution in [3.8, 4) is 0 Å². The van der Waals surface area contributed by atoms with Gasteiger partial charge in [0.2, 0.25) is 0 Å². The van der Waals surface area contributed by atoms with Crippen LogP contribution in [0, 0.1) is 0 Å². The zero-order chi connectivity index (χ0) is 27.9. The zero-order valence-corrected chi connectivity index (χ0v) is 21.0. The van der Waals surface area contributed by atoms with Gasteiger partial charge in [0, 0.05) is 5.70 Å². The molecule has 3 rings (SSSR count). The second kappa shape index (κ2) is 12.3. The maximum absolute atomic E-state index is 14.1. The van der Waals surface area contributed by atoms with Crippen LogP contribution in [0.5, 0.6) is 0 Å². The van der Waals surface area contributed by atoms with Crippen LogP contribution in [0.3, 0.4) is 0 Å². The number of halogens is 3. The van der Waals surface area contributed by atoms with Gasteiger partial charge < -0.3 is 19.5 Å². The molecule has 1 aliphatic rings. The van der Waals surface area contributed by atoms with Crippen LogP contribution >= 0.6 is 0 Å². The fraction of sp³-hybridized carbons (Fsp3) is 0.296. The molecule has 0 radical (unpaired) electrons. The quantitative estimate of drug-likeness (QED) is 0.367. The third-order valence-corrected chi connectivity index (χ3v) is 5.57. The van der Waals surface area contributed by atoms with Crippen LogP contribution in [0.2, 0.25) is 0 Å². The Morgan fingerprint density at radius 2 is 1.45 bits per heavy atom. The van der Waals surface area contributed by atoms with Crippen LogP contribution in [-0.4, -0.2) is 31.2 Å². The topological polar surface area (TPSA) is 103 Å². The molecule has 0 fully saturated rings. The first-order valence-electron chi connectivity index (χ1n) is 11.8. The van der Waals surface area contributed by atoms with Gasteiger partial charge in [0.05, 0.1) is 35.8 Å². The van der Waals surface area contributed by atoms with E-state index in [0.717, 1.165) is 12.1 Å². The smallest absolute Gasteiger partial charge is 0.416 e. The monoisotopic (exact) mass is 532 g/mol. The van der Waals surface area contributed by atoms with Crippen molar-refractivity contribution in [1.82, 2.24) is 10.6 Å². The minimum absolute atomic E-state index is 0.0569. The van der Waals surface area contributed by atoms with Crippen LogP contribution in [0.25, 0.3) is 0 Å². The number of ether oxygens (including phenoxy) is 3. The number of amides is 1. The molecule has 1 unspecified atom stereocenters. The highest BCUT2D eigenvalue weighted by Crippen LogP contribution is 2.44. The van der Waals surface area contributed by atoms with Crippen LogP contribution in [0.1, 0.15) is 43.4 Å². The summed E-state index contributed by atoms with van der Waals surface area (Å²) in [7, 11) is 0. The Labute approximate surface area is 217 Å². The number of benzene rings is 2. The van der Waals surface area contributed by atoms with Gasteiger partial charge >= 0.3 is 24.2 Å². The SMILES string of the molecule is CCOC(=O)C1=C(C)NC(NC(=O)OCc2ccccc2)=C(C(=O)OCC)C1c1ccccc1C(F)(F)F. The van der Waals surface area contributed by atoms with Crippen molar-refractivity contribution in [1.29, 1.82) is 0 Å². The molecule has 0 aliphatic carbocycles. The second-order valence-electron chi connectivity index (χ2n) is 8.10. The summed E-state index contributed by atoms with van der Waals surface area (Å²) in [6, 6.07) is 13.3. The van der Waals surface area contributed by atoms with Gasteiger partial charge in [-0.25, -0.2) is 14.4 Å². The van der Waals surface area contributed by atoms with E-state index in [4.69, 9.17) is 14.2 Å². The summed E-state index contributed by atoms with van der Waals surface area (Å²) >= 11 is 0. The Balaban J connectivity index is 2.14. The van der Waals surface area contributed by atoms with Crippen molar-refractivity contribution < 1.29 is 41.8 Å². The molecular formula is C27H27F3N2O6. The van der Waals surface area contributed by atoms with E-state index in [-0.39, 0.29) is 42.5 Å². The Kier molecular flexibility index (Phi) is 9.16. The Morgan fingerprint density at radius 1 is 0.868 bits per heavy atom. The minimum Gasteiger partial charge on any atom is -0.463 e. The lowest BCUT2D eigenvalue weighted by atomic mass is 9.79. The zero-order valence-electron chi connectivity index (χ0n) is 21.0. The molecule has 202 valence electrons. The number of allylic oxidation sites excluding steroid dienone is 1. The first kappa shape index (κ1) is 28.3. The molecule has 0 saturated heterocycles. The van der Waals surface area contributed by atoms with Crippen molar-refractivity contribution in [2.75, 3.05) is 13.2 Å². The molecule has 1 heterocycles. The summed E-state index contributed by atoms with van der Waals surface area (Å²) in [5.41, 5.74) is -1.31. The number of rotatable bonds is 8. The van der Waals surface area contributed by atoms with Gasteiger partial charge in [-0.15, -0.1) is 0 Å². The highest BCUT2D eigenvalue weighted by molar-refractivity contribution is 6.00. The first-order valence-corrected chi connectivity index (χ1v) is 11.8. The van der Waals surface area contributed by atoms with E-state index < -0.39 is 41.3 Å². The largest absolute Gasteiger partial charge is 0.463 e. The van der Waals surface area contributed by atoms with Crippen molar-refractivity contribution >= 4 is 18.0 Å². The van der Waals surface area contributed by atoms with Crippen molar-refractivity contribution in [2.24, 2.45) is 0 Å². The summed E-state index contributed by atoms with van der Waals surface area (Å²) in [6.07, 6.45) is -5.79. The van der Waals surface area contributed by atoms with Crippen LogP contribution in [0.4, 0.5) is 18.0 Å². The lowest BCUT2D eigenvalue weighted by Crippen LogP contribution is -2.41. The van der Waals surface area contributed by atoms with E-state index >= 15 is 0 Å². The van der Waals surface area contributed by atoms with Gasteiger partial charge in [0.25, 0.3) is 0 Å². The number of carbonyl (C=O) groups is 3. The number of nitrogens with one attached hydrogen (secondary N) is 2. The number of esters is 2. The van der Waals surface area contributed by atoms with E-state index in [1.54, 1.807) is 37.3 Å². The maximum Gasteiger partial charge on any atom is 0.416 e. The molecule has 1 aliphatic heterocycles. The lowest BCUT2D eigenvalue weighted by Gasteiger charge is -2.32. The predicted molar refractivity (Wildman–Crippen MR) is 130 cm³/mol. The molecular weight excluding hydrogens is 505 g/mol. The van der Waals surface area contributed by atoms with Crippen LogP contribution in [-0.2, 0) is 36.6 Å². The van der Waals surface area contributed by atoms with Gasteiger partial charge in [-0.2, -0.15) is 13.2 Å². The molecule has 2 aromatic carbocycles. The highest BCUT2D eigenvalue weighted by Gasteiger charge is 2.44. The summed E-state index contributed by atoms with van der Waals surface area (Å²) in [5, 5.41) is 5.14. The fourth-order valence-electron chi connectivity index (χ4n) is 4.01. The summed E-state index contributed by atoms with van der Waals surface area (Å²) in [6.45, 7) is 4.21. The third kappa shape index (κ3) is 6.53. The van der Waals surface area contributed by atoms with Crippen LogP contribution in [0.15, 0.2) is 77.3 Å². The molecule has 2 aromatic rings. The number of alkyl halides is 3. The van der Waals surface area contributed by atoms with E-state index in [2.05, 4.69) is 10.6 Å². The molecule has 38 heavy (non-hydrogen) atoms. The lowest BCUT2D eigenvalue weighted by molar-refractivity contribution is -0.142. The average molecular weight is 533 g/mol. The Hall–Kier alpha value is -4.28. The Bertz CT molecular complexity index is 1250. The van der Waals surface area contributed by atoms with Gasteiger partial charge in [-0.3, -0.25) is 5.32 Å². The molecule has 2 N–H and O–H groups in total. The second-order valence-corrected chi connectivity index (χ2v) is 8.10. The van der Waals surface area contributed by atoms with Crippen molar-refractivity contribution in [3.05, 3.63) is 94.0 Å². The van der Waals surface area contributed by atoms with E-state index in [1.165, 1.54) is 26.0 Å². The number of dihydropyridines is 1. The Morgan fingerprint density at radius 3 is 2.05 bits per heavy atom. The molecule has 0 aromatic heterocycles. The summed E-state index contributed by atoms with van der Waals surface area (Å²) in [5.74, 6) is -3.80. The third-order valence-electron chi connectivity index (χ3n) is 5.57. The fourth-order valence-corrected chi connectivity index (χ4v) is 4.01. The standard InChI is InChI=1S/C27H27F3N2O6/c1-4-36-24(33)20-16(3)31-23(32-26(35)38-15-17-11-7-6-8-12-17)22(25(34)37-5-2)21(20)18-13-9-10-14-19(18)27(28,29)30/h6-14,21,31H,4-5,15H2,1-3H3,(H,32,35). The highest BCUT2D eigenvalue weighted by atomic mass is 19.4. The molecule has 0 spiro atoms. The van der Waals surface area contributed by atoms with Gasteiger partial charge in [-0.05, 0) is 38.0 Å². The molecule has 1 atom stereocenters. The molecule has 8 nitrogen and oxygen atoms in total. The predicted octanol–water partition coefficient (Wildman–Crippen LogP) is 4.93. The van der Waals surface area contributed by atoms with Gasteiger partial charge in [-0.1, -0.05) is 48.5 Å². The molecule has 0 saturated carbocycles. The van der Waals surface area contributed by atoms with Crippen LogP contribution < -0.4 is 10.6 Å². The van der Waals surface area contributed by atoms with Gasteiger partial charge in [0.15, 0.2) is 0 Å².